The maximum Gasteiger partial charge on any atom is 0.410 e. The quantitative estimate of drug-likeness (QED) is 0.764. The molecule has 0 bridgehead atoms. The van der Waals surface area contributed by atoms with Crippen molar-refractivity contribution in [1.82, 2.24) is 9.80 Å². The van der Waals surface area contributed by atoms with Gasteiger partial charge in [-0.2, -0.15) is 0 Å². The summed E-state index contributed by atoms with van der Waals surface area (Å²) in [4.78, 5) is 15.6. The Kier molecular flexibility index (Phi) is 5.28. The Labute approximate surface area is 125 Å². The molecule has 1 heterocycles. The molecule has 1 atom stereocenters. The number of nitrogens with zero attached hydrogens (tertiary/aromatic N) is 2. The van der Waals surface area contributed by atoms with E-state index in [0.717, 1.165) is 0 Å². The lowest BCUT2D eigenvalue weighted by Crippen LogP contribution is -2.54. The van der Waals surface area contributed by atoms with Crippen molar-refractivity contribution in [2.24, 2.45) is 5.73 Å². The molecule has 1 saturated heterocycles. The molecule has 0 unspecified atom stereocenters. The Morgan fingerprint density at radius 1 is 1.45 bits per heavy atom. The minimum Gasteiger partial charge on any atom is -0.444 e. The number of allylic oxidation sites excluding steroid dienone is 1. The average Bonchev–Trinajstić information content (AvgIpc) is 2.25. The summed E-state index contributed by atoms with van der Waals surface area (Å²) in [6.07, 6.45) is 1.10. The van der Waals surface area contributed by atoms with E-state index in [2.05, 4.69) is 0 Å². The van der Waals surface area contributed by atoms with Crippen LogP contribution in [0.2, 0.25) is 0 Å². The van der Waals surface area contributed by atoms with E-state index in [1.807, 2.05) is 32.6 Å². The van der Waals surface area contributed by atoms with Crippen LogP contribution in [-0.4, -0.2) is 52.3 Å². The van der Waals surface area contributed by atoms with Crippen LogP contribution in [0.5, 0.6) is 0 Å². The Morgan fingerprint density at radius 2 is 2.05 bits per heavy atom. The monoisotopic (exact) mass is 302 g/mol. The number of ether oxygens (including phenoxy) is 1. The van der Waals surface area contributed by atoms with E-state index in [1.54, 1.807) is 4.90 Å². The molecule has 7 heteroatoms. The van der Waals surface area contributed by atoms with Gasteiger partial charge in [-0.3, -0.25) is 5.41 Å². The molecule has 0 aromatic rings. The van der Waals surface area contributed by atoms with Crippen LogP contribution in [-0.2, 0) is 4.74 Å². The number of carbonyl (C=O) groups is 1. The third kappa shape index (κ3) is 4.92. The topological polar surface area (TPSA) is 82.7 Å². The van der Waals surface area contributed by atoms with Crippen LogP contribution in [0.25, 0.3) is 0 Å². The van der Waals surface area contributed by atoms with Crippen molar-refractivity contribution < 1.29 is 9.53 Å². The maximum absolute atomic E-state index is 12.0. The number of hydrogen-bond acceptors (Lipinski definition) is 5. The largest absolute Gasteiger partial charge is 0.444 e. The number of halogens is 1. The number of hydrogen-bond donors (Lipinski definition) is 2. The minimum absolute atomic E-state index is 0.0449. The molecule has 1 fully saturated rings. The maximum atomic E-state index is 12.0. The van der Waals surface area contributed by atoms with Gasteiger partial charge in [0, 0.05) is 31.8 Å². The van der Waals surface area contributed by atoms with Crippen LogP contribution in [0.4, 0.5) is 4.79 Å². The first-order valence-corrected chi connectivity index (χ1v) is 6.94. The zero-order chi connectivity index (χ0) is 15.5. The molecular formula is C13H23ClN4O2. The lowest BCUT2D eigenvalue weighted by Gasteiger charge is -2.41. The van der Waals surface area contributed by atoms with Gasteiger partial charge in [-0.15, -0.1) is 0 Å². The van der Waals surface area contributed by atoms with Gasteiger partial charge in [0.05, 0.1) is 0 Å². The highest BCUT2D eigenvalue weighted by Gasteiger charge is 2.30. The smallest absolute Gasteiger partial charge is 0.410 e. The van der Waals surface area contributed by atoms with Crippen LogP contribution in [0.15, 0.2) is 11.9 Å². The number of piperazine rings is 1. The molecule has 20 heavy (non-hydrogen) atoms. The Hall–Kier alpha value is -1.43. The van der Waals surface area contributed by atoms with Gasteiger partial charge < -0.3 is 20.3 Å². The molecular weight excluding hydrogens is 280 g/mol. The fourth-order valence-corrected chi connectivity index (χ4v) is 2.16. The number of nitrogens with one attached hydrogen (secondary N) is 1. The molecule has 0 aromatic heterocycles. The summed E-state index contributed by atoms with van der Waals surface area (Å²) in [5, 5.41) is 7.11. The molecule has 1 amide bonds. The highest BCUT2D eigenvalue weighted by atomic mass is 35.5. The van der Waals surface area contributed by atoms with Gasteiger partial charge in [-0.25, -0.2) is 4.79 Å². The first kappa shape index (κ1) is 16.6. The second-order valence-corrected chi connectivity index (χ2v) is 6.29. The molecule has 0 spiro atoms. The van der Waals surface area contributed by atoms with Crippen molar-refractivity contribution in [2.75, 3.05) is 19.6 Å². The molecule has 1 aliphatic heterocycles. The van der Waals surface area contributed by atoms with Gasteiger partial charge in [0.1, 0.15) is 16.6 Å². The van der Waals surface area contributed by atoms with Crippen LogP contribution >= 0.6 is 11.6 Å². The van der Waals surface area contributed by atoms with Gasteiger partial charge in [0.2, 0.25) is 0 Å². The van der Waals surface area contributed by atoms with E-state index < -0.39 is 5.60 Å². The first-order valence-electron chi connectivity index (χ1n) is 6.56. The standard InChI is InChI=1S/C13H23ClN4O2/c1-9-8-17(12(19)20-13(2,3)4)5-6-18(9)11(16)7-10(14)15/h7,9,15H,5-6,8,16H2,1-4H3/b11-7+,15-10?/t9-/m1/s1. The van der Waals surface area contributed by atoms with Gasteiger partial charge in [-0.1, -0.05) is 11.6 Å². The summed E-state index contributed by atoms with van der Waals surface area (Å²) in [7, 11) is 0. The third-order valence-corrected chi connectivity index (χ3v) is 2.99. The van der Waals surface area contributed by atoms with Gasteiger partial charge in [-0.05, 0) is 27.7 Å². The van der Waals surface area contributed by atoms with E-state index in [1.165, 1.54) is 6.08 Å². The van der Waals surface area contributed by atoms with Crippen molar-refractivity contribution in [1.29, 1.82) is 5.41 Å². The van der Waals surface area contributed by atoms with Crippen LogP contribution in [0, 0.1) is 5.41 Å². The lowest BCUT2D eigenvalue weighted by molar-refractivity contribution is 0.00998. The highest BCUT2D eigenvalue weighted by molar-refractivity contribution is 6.67. The van der Waals surface area contributed by atoms with Crippen LogP contribution in [0.3, 0.4) is 0 Å². The molecule has 0 aromatic carbocycles. The predicted molar refractivity (Wildman–Crippen MR) is 79.8 cm³/mol. The zero-order valence-electron chi connectivity index (χ0n) is 12.4. The summed E-state index contributed by atoms with van der Waals surface area (Å²) in [6.45, 7) is 9.15. The van der Waals surface area contributed by atoms with E-state index in [4.69, 9.17) is 27.5 Å². The summed E-state index contributed by atoms with van der Waals surface area (Å²) in [6, 6.07) is 0.0449. The molecule has 0 aliphatic carbocycles. The average molecular weight is 303 g/mol. The van der Waals surface area contributed by atoms with Crippen molar-refractivity contribution in [3.8, 4) is 0 Å². The summed E-state index contributed by atoms with van der Waals surface area (Å²) in [5.41, 5.74) is 5.39. The van der Waals surface area contributed by atoms with E-state index in [-0.39, 0.29) is 17.3 Å². The SMILES string of the molecule is C[C@@H]1CN(C(=O)OC(C)(C)C)CCN1/C(N)=C/C(=N)Cl. The molecule has 1 rings (SSSR count). The minimum atomic E-state index is -0.496. The Balaban J connectivity index is 2.64. The Bertz CT molecular complexity index is 417. The Morgan fingerprint density at radius 3 is 2.50 bits per heavy atom. The third-order valence-electron chi connectivity index (χ3n) is 2.89. The molecule has 6 nitrogen and oxygen atoms in total. The summed E-state index contributed by atoms with van der Waals surface area (Å²) < 4.78 is 5.35. The van der Waals surface area contributed by atoms with Crippen molar-refractivity contribution in [2.45, 2.75) is 39.3 Å². The van der Waals surface area contributed by atoms with E-state index in [9.17, 15) is 4.79 Å². The van der Waals surface area contributed by atoms with Crippen LogP contribution < -0.4 is 5.73 Å². The second kappa shape index (κ2) is 6.35. The molecule has 1 aliphatic rings. The van der Waals surface area contributed by atoms with Crippen molar-refractivity contribution >= 4 is 22.9 Å². The summed E-state index contributed by atoms with van der Waals surface area (Å²) >= 11 is 5.51. The van der Waals surface area contributed by atoms with Gasteiger partial charge >= 0.3 is 6.09 Å². The number of carbonyl (C=O) groups excluding carboxylic acids is 1. The van der Waals surface area contributed by atoms with Crippen molar-refractivity contribution in [3.63, 3.8) is 0 Å². The van der Waals surface area contributed by atoms with E-state index in [0.29, 0.717) is 25.5 Å². The molecule has 0 radical (unpaired) electrons. The normalized spacial score (nSPS) is 20.9. The van der Waals surface area contributed by atoms with Crippen molar-refractivity contribution in [3.05, 3.63) is 11.9 Å². The fraction of sp³-hybridized carbons (Fsp3) is 0.692. The highest BCUT2D eigenvalue weighted by Crippen LogP contribution is 2.16. The van der Waals surface area contributed by atoms with Gasteiger partial charge in [0.15, 0.2) is 0 Å². The number of rotatable bonds is 2. The number of amides is 1. The summed E-state index contributed by atoms with van der Waals surface area (Å²) in [5.74, 6) is 0.446. The van der Waals surface area contributed by atoms with Crippen LogP contribution in [0.1, 0.15) is 27.7 Å². The van der Waals surface area contributed by atoms with E-state index >= 15 is 0 Å². The molecule has 0 saturated carbocycles. The first-order chi connectivity index (χ1) is 9.10. The second-order valence-electron chi connectivity index (χ2n) is 5.89. The molecule has 114 valence electrons. The lowest BCUT2D eigenvalue weighted by atomic mass is 10.2. The fourth-order valence-electron chi connectivity index (χ4n) is 2.05. The number of nitrogens with two attached hydrogens (primary N) is 1. The zero-order valence-corrected chi connectivity index (χ0v) is 13.2. The predicted octanol–water partition coefficient (Wildman–Crippen LogP) is 1.94. The van der Waals surface area contributed by atoms with Gasteiger partial charge in [0.25, 0.3) is 0 Å². The molecule has 3 N–H and O–H groups in total.